The van der Waals surface area contributed by atoms with Crippen molar-refractivity contribution in [3.8, 4) is 0 Å². The Hall–Kier alpha value is -1.57. The molecule has 0 bridgehead atoms. The molecular weight excluding hydrogens is 164 g/mol. The number of aliphatic carboxylic acids is 1. The van der Waals surface area contributed by atoms with Gasteiger partial charge in [-0.15, -0.1) is 0 Å². The first-order valence-electron chi connectivity index (χ1n) is 4.18. The monoisotopic (exact) mass is 176 g/mol. The van der Waals surface area contributed by atoms with E-state index in [0.29, 0.717) is 5.57 Å². The van der Waals surface area contributed by atoms with Crippen molar-refractivity contribution in [1.29, 1.82) is 0 Å². The average Bonchev–Trinajstić information content (AvgIpc) is 2.15. The lowest BCUT2D eigenvalue weighted by Crippen LogP contribution is -2.04. The zero-order valence-electron chi connectivity index (χ0n) is 7.36. The second kappa shape index (κ2) is 4.45. The molecule has 0 saturated heterocycles. The van der Waals surface area contributed by atoms with Crippen LogP contribution >= 0.6 is 0 Å². The van der Waals surface area contributed by atoms with Crippen molar-refractivity contribution < 1.29 is 9.90 Å². The Morgan fingerprint density at radius 3 is 2.85 bits per heavy atom. The van der Waals surface area contributed by atoms with Crippen LogP contribution in [0.1, 0.15) is 12.8 Å². The predicted molar refractivity (Wildman–Crippen MR) is 52.4 cm³/mol. The first kappa shape index (κ1) is 9.52. The molecule has 0 aromatic heterocycles. The number of carboxylic acids is 1. The highest BCUT2D eigenvalue weighted by atomic mass is 16.4. The number of allylic oxidation sites excluding steroid dienone is 5. The van der Waals surface area contributed by atoms with Gasteiger partial charge in [0, 0.05) is 0 Å². The molecule has 0 aliphatic heterocycles. The van der Waals surface area contributed by atoms with E-state index >= 15 is 0 Å². The Morgan fingerprint density at radius 1 is 1.62 bits per heavy atom. The van der Waals surface area contributed by atoms with Gasteiger partial charge in [0.1, 0.15) is 0 Å². The van der Waals surface area contributed by atoms with Crippen LogP contribution in [0.15, 0.2) is 48.1 Å². The van der Waals surface area contributed by atoms with Gasteiger partial charge in [-0.05, 0) is 24.5 Å². The molecule has 1 rings (SSSR count). The van der Waals surface area contributed by atoms with Crippen molar-refractivity contribution in [3.63, 3.8) is 0 Å². The predicted octanol–water partition coefficient (Wildman–Crippen LogP) is 2.46. The van der Waals surface area contributed by atoms with Crippen molar-refractivity contribution in [3.05, 3.63) is 48.1 Å². The maximum atomic E-state index is 10.8. The van der Waals surface area contributed by atoms with E-state index in [0.717, 1.165) is 18.4 Å². The second-order valence-corrected chi connectivity index (χ2v) is 2.78. The van der Waals surface area contributed by atoms with E-state index in [-0.39, 0.29) is 0 Å². The molecule has 2 nitrogen and oxygen atoms in total. The number of carbonyl (C=O) groups is 1. The van der Waals surface area contributed by atoms with E-state index in [4.69, 9.17) is 5.11 Å². The van der Waals surface area contributed by atoms with Crippen molar-refractivity contribution in [1.82, 2.24) is 0 Å². The summed E-state index contributed by atoms with van der Waals surface area (Å²) in [5, 5.41) is 8.88. The molecule has 0 atom stereocenters. The second-order valence-electron chi connectivity index (χ2n) is 2.78. The topological polar surface area (TPSA) is 37.3 Å². The molecule has 0 spiro atoms. The number of hydrogen-bond acceptors (Lipinski definition) is 1. The molecule has 0 aromatic carbocycles. The van der Waals surface area contributed by atoms with Crippen LogP contribution in [0.3, 0.4) is 0 Å². The van der Waals surface area contributed by atoms with E-state index in [1.54, 1.807) is 0 Å². The summed E-state index contributed by atoms with van der Waals surface area (Å²) in [7, 11) is 0. The smallest absolute Gasteiger partial charge is 0.335 e. The summed E-state index contributed by atoms with van der Waals surface area (Å²) in [5.74, 6) is -0.888. The summed E-state index contributed by atoms with van der Waals surface area (Å²) < 4.78 is 0. The van der Waals surface area contributed by atoms with E-state index < -0.39 is 5.97 Å². The van der Waals surface area contributed by atoms with E-state index in [1.807, 2.05) is 18.2 Å². The zero-order chi connectivity index (χ0) is 9.68. The van der Waals surface area contributed by atoms with Gasteiger partial charge in [0.2, 0.25) is 0 Å². The molecule has 68 valence electrons. The first-order chi connectivity index (χ1) is 6.25. The minimum Gasteiger partial charge on any atom is -0.478 e. The molecule has 0 amide bonds. The Labute approximate surface area is 77.6 Å². The lowest BCUT2D eigenvalue weighted by atomic mass is 9.97. The maximum Gasteiger partial charge on any atom is 0.335 e. The third kappa shape index (κ3) is 2.44. The Balaban J connectivity index is 2.94. The first-order valence-corrected chi connectivity index (χ1v) is 4.18. The largest absolute Gasteiger partial charge is 0.478 e. The molecule has 1 aliphatic rings. The van der Waals surface area contributed by atoms with Crippen LogP contribution in [0.5, 0.6) is 0 Å². The summed E-state index contributed by atoms with van der Waals surface area (Å²) in [6.45, 7) is 3.49. The van der Waals surface area contributed by atoms with Gasteiger partial charge in [0.05, 0.1) is 5.57 Å². The van der Waals surface area contributed by atoms with Crippen LogP contribution in [-0.2, 0) is 4.79 Å². The highest BCUT2D eigenvalue weighted by Crippen LogP contribution is 2.20. The Morgan fingerprint density at radius 2 is 2.38 bits per heavy atom. The van der Waals surface area contributed by atoms with E-state index in [9.17, 15) is 4.79 Å². The molecule has 0 saturated carbocycles. The SMILES string of the molecule is C=CC=C(C(=O)O)C1=CC=CCC1. The average molecular weight is 176 g/mol. The molecule has 0 heterocycles. The Kier molecular flexibility index (Phi) is 3.26. The summed E-state index contributed by atoms with van der Waals surface area (Å²) >= 11 is 0. The highest BCUT2D eigenvalue weighted by Gasteiger charge is 2.12. The minimum absolute atomic E-state index is 0.347. The number of rotatable bonds is 3. The van der Waals surface area contributed by atoms with Crippen molar-refractivity contribution in [2.75, 3.05) is 0 Å². The Bertz CT molecular complexity index is 306. The van der Waals surface area contributed by atoms with E-state index in [1.165, 1.54) is 12.2 Å². The maximum absolute atomic E-state index is 10.8. The minimum atomic E-state index is -0.888. The van der Waals surface area contributed by atoms with Gasteiger partial charge >= 0.3 is 5.97 Å². The molecule has 1 aliphatic carbocycles. The molecule has 0 aromatic rings. The van der Waals surface area contributed by atoms with Gasteiger partial charge in [-0.25, -0.2) is 4.79 Å². The summed E-state index contributed by atoms with van der Waals surface area (Å²) in [4.78, 5) is 10.8. The fourth-order valence-corrected chi connectivity index (χ4v) is 1.26. The number of carboxylic acid groups (broad SMARTS) is 1. The molecule has 2 heteroatoms. The van der Waals surface area contributed by atoms with Gasteiger partial charge in [-0.1, -0.05) is 30.9 Å². The fourth-order valence-electron chi connectivity index (χ4n) is 1.26. The molecule has 0 unspecified atom stereocenters. The van der Waals surface area contributed by atoms with Crippen molar-refractivity contribution in [2.24, 2.45) is 0 Å². The van der Waals surface area contributed by atoms with Crippen LogP contribution in [0.2, 0.25) is 0 Å². The number of hydrogen-bond donors (Lipinski definition) is 1. The van der Waals surface area contributed by atoms with Gasteiger partial charge in [0.25, 0.3) is 0 Å². The zero-order valence-corrected chi connectivity index (χ0v) is 7.36. The fraction of sp³-hybridized carbons (Fsp3) is 0.182. The van der Waals surface area contributed by atoms with Gasteiger partial charge < -0.3 is 5.11 Å². The molecule has 0 fully saturated rings. The quantitative estimate of drug-likeness (QED) is 0.529. The third-order valence-corrected chi connectivity index (χ3v) is 1.87. The van der Waals surface area contributed by atoms with Crippen LogP contribution in [-0.4, -0.2) is 11.1 Å². The lowest BCUT2D eigenvalue weighted by molar-refractivity contribution is -0.132. The van der Waals surface area contributed by atoms with Crippen molar-refractivity contribution >= 4 is 5.97 Å². The molecule has 1 N–H and O–H groups in total. The normalized spacial score (nSPS) is 16.6. The van der Waals surface area contributed by atoms with E-state index in [2.05, 4.69) is 6.58 Å². The highest BCUT2D eigenvalue weighted by molar-refractivity contribution is 5.92. The van der Waals surface area contributed by atoms with Crippen LogP contribution in [0, 0.1) is 0 Å². The summed E-state index contributed by atoms with van der Waals surface area (Å²) in [6.07, 6.45) is 10.5. The van der Waals surface area contributed by atoms with Gasteiger partial charge in [-0.3, -0.25) is 0 Å². The van der Waals surface area contributed by atoms with Gasteiger partial charge in [-0.2, -0.15) is 0 Å². The molecule has 13 heavy (non-hydrogen) atoms. The third-order valence-electron chi connectivity index (χ3n) is 1.87. The standard InChI is InChI=1S/C11H12O2/c1-2-6-10(11(12)13)9-7-4-3-5-8-9/h2-4,6-7H,1,5,8H2,(H,12,13). The van der Waals surface area contributed by atoms with Crippen LogP contribution in [0.25, 0.3) is 0 Å². The molecule has 0 radical (unpaired) electrons. The molecular formula is C11H12O2. The van der Waals surface area contributed by atoms with Gasteiger partial charge in [0.15, 0.2) is 0 Å². The summed E-state index contributed by atoms with van der Waals surface area (Å²) in [5.41, 5.74) is 1.22. The summed E-state index contributed by atoms with van der Waals surface area (Å²) in [6, 6.07) is 0. The van der Waals surface area contributed by atoms with Crippen LogP contribution < -0.4 is 0 Å². The lowest BCUT2D eigenvalue weighted by Gasteiger charge is -2.08. The van der Waals surface area contributed by atoms with Crippen molar-refractivity contribution in [2.45, 2.75) is 12.8 Å². The van der Waals surface area contributed by atoms with Crippen LogP contribution in [0.4, 0.5) is 0 Å².